The Morgan fingerprint density at radius 1 is 1.41 bits per heavy atom. The summed E-state index contributed by atoms with van der Waals surface area (Å²) in [5, 5.41) is 3.18. The maximum atomic E-state index is 5.59. The first-order valence-electron chi connectivity index (χ1n) is 6.54. The molecule has 1 rings (SSSR count). The van der Waals surface area contributed by atoms with Gasteiger partial charge in [-0.25, -0.2) is 4.98 Å². The van der Waals surface area contributed by atoms with Gasteiger partial charge in [0.05, 0.1) is 5.69 Å². The van der Waals surface area contributed by atoms with E-state index in [9.17, 15) is 0 Å². The van der Waals surface area contributed by atoms with Gasteiger partial charge in [0.2, 0.25) is 0 Å². The molecule has 17 heavy (non-hydrogen) atoms. The lowest BCUT2D eigenvalue weighted by atomic mass is 10.2. The lowest BCUT2D eigenvalue weighted by Crippen LogP contribution is -2.31. The van der Waals surface area contributed by atoms with E-state index in [0.29, 0.717) is 12.6 Å². The van der Waals surface area contributed by atoms with Crippen molar-refractivity contribution in [1.82, 2.24) is 9.88 Å². The summed E-state index contributed by atoms with van der Waals surface area (Å²) in [6.45, 7) is 9.43. The van der Waals surface area contributed by atoms with Gasteiger partial charge in [-0.3, -0.25) is 4.90 Å². The minimum Gasteiger partial charge on any atom is -0.325 e. The predicted octanol–water partition coefficient (Wildman–Crippen LogP) is 3.00. The Labute approximate surface area is 109 Å². The molecule has 0 fully saturated rings. The number of aromatic nitrogens is 1. The average molecular weight is 255 g/mol. The molecule has 4 heteroatoms. The van der Waals surface area contributed by atoms with Gasteiger partial charge in [-0.15, -0.1) is 11.3 Å². The fourth-order valence-electron chi connectivity index (χ4n) is 1.81. The lowest BCUT2D eigenvalue weighted by molar-refractivity contribution is 0.206. The molecule has 0 amide bonds. The van der Waals surface area contributed by atoms with Crippen LogP contribution in [0.15, 0.2) is 5.38 Å². The highest BCUT2D eigenvalue weighted by atomic mass is 32.1. The molecule has 1 aromatic heterocycles. The second kappa shape index (κ2) is 7.80. The number of thiazole rings is 1. The van der Waals surface area contributed by atoms with E-state index in [1.54, 1.807) is 11.3 Å². The number of hydrogen-bond donors (Lipinski definition) is 1. The van der Waals surface area contributed by atoms with Crippen LogP contribution in [0.2, 0.25) is 0 Å². The van der Waals surface area contributed by atoms with E-state index >= 15 is 0 Å². The minimum atomic E-state index is 0.558. The summed E-state index contributed by atoms with van der Waals surface area (Å²) in [5.74, 6) is 0. The second-order valence-electron chi connectivity index (χ2n) is 4.71. The van der Waals surface area contributed by atoms with Crippen molar-refractivity contribution in [2.24, 2.45) is 5.73 Å². The first-order valence-corrected chi connectivity index (χ1v) is 7.42. The Morgan fingerprint density at radius 3 is 2.71 bits per heavy atom. The predicted molar refractivity (Wildman–Crippen MR) is 75.1 cm³/mol. The van der Waals surface area contributed by atoms with E-state index in [-0.39, 0.29) is 0 Å². The van der Waals surface area contributed by atoms with Crippen LogP contribution in [0.1, 0.15) is 50.7 Å². The number of nitrogens with two attached hydrogens (primary N) is 1. The maximum Gasteiger partial charge on any atom is 0.106 e. The van der Waals surface area contributed by atoms with E-state index in [1.807, 2.05) is 0 Å². The number of hydrogen-bond acceptors (Lipinski definition) is 4. The molecule has 0 atom stereocenters. The second-order valence-corrected chi connectivity index (χ2v) is 5.65. The molecule has 3 nitrogen and oxygen atoms in total. The van der Waals surface area contributed by atoms with Crippen LogP contribution >= 0.6 is 11.3 Å². The SMILES string of the molecule is CCCCCN(Cc1csc(CN)n1)C(C)C. The molecule has 0 aliphatic carbocycles. The van der Waals surface area contributed by atoms with Crippen molar-refractivity contribution >= 4 is 11.3 Å². The molecule has 2 N–H and O–H groups in total. The molecule has 1 heterocycles. The molecular formula is C13H25N3S. The van der Waals surface area contributed by atoms with Gasteiger partial charge >= 0.3 is 0 Å². The third-order valence-electron chi connectivity index (χ3n) is 2.92. The Kier molecular flexibility index (Phi) is 6.70. The third kappa shape index (κ3) is 5.15. The normalized spacial score (nSPS) is 11.6. The molecule has 0 aliphatic heterocycles. The molecular weight excluding hydrogens is 230 g/mol. The molecule has 1 aromatic rings. The van der Waals surface area contributed by atoms with Gasteiger partial charge in [0.1, 0.15) is 5.01 Å². The van der Waals surface area contributed by atoms with Crippen LogP contribution in [0.3, 0.4) is 0 Å². The van der Waals surface area contributed by atoms with Crippen molar-refractivity contribution in [3.63, 3.8) is 0 Å². The third-order valence-corrected chi connectivity index (χ3v) is 3.84. The van der Waals surface area contributed by atoms with Crippen LogP contribution < -0.4 is 5.73 Å². The van der Waals surface area contributed by atoms with Crippen molar-refractivity contribution in [3.05, 3.63) is 16.1 Å². The number of nitrogens with zero attached hydrogens (tertiary/aromatic N) is 2. The Hall–Kier alpha value is -0.450. The van der Waals surface area contributed by atoms with E-state index in [2.05, 4.69) is 36.0 Å². The highest BCUT2D eigenvalue weighted by molar-refractivity contribution is 7.09. The van der Waals surface area contributed by atoms with Crippen molar-refractivity contribution < 1.29 is 0 Å². The van der Waals surface area contributed by atoms with Crippen LogP contribution in [0, 0.1) is 0 Å². The molecule has 0 saturated carbocycles. The van der Waals surface area contributed by atoms with Gasteiger partial charge in [-0.1, -0.05) is 19.8 Å². The Morgan fingerprint density at radius 2 is 2.18 bits per heavy atom. The maximum absolute atomic E-state index is 5.59. The monoisotopic (exact) mass is 255 g/mol. The molecule has 98 valence electrons. The summed E-state index contributed by atoms with van der Waals surface area (Å²) in [6.07, 6.45) is 3.87. The summed E-state index contributed by atoms with van der Waals surface area (Å²) in [6, 6.07) is 0.579. The smallest absolute Gasteiger partial charge is 0.106 e. The largest absolute Gasteiger partial charge is 0.325 e. The summed E-state index contributed by atoms with van der Waals surface area (Å²) in [7, 11) is 0. The van der Waals surface area contributed by atoms with E-state index in [4.69, 9.17) is 5.73 Å². The van der Waals surface area contributed by atoms with Crippen molar-refractivity contribution in [2.45, 2.75) is 59.2 Å². The molecule has 0 aromatic carbocycles. The van der Waals surface area contributed by atoms with Crippen LogP contribution in [-0.4, -0.2) is 22.5 Å². The van der Waals surface area contributed by atoms with Crippen molar-refractivity contribution in [3.8, 4) is 0 Å². The van der Waals surface area contributed by atoms with E-state index < -0.39 is 0 Å². The highest BCUT2D eigenvalue weighted by Crippen LogP contribution is 2.13. The average Bonchev–Trinajstić information content (AvgIpc) is 2.75. The van der Waals surface area contributed by atoms with E-state index in [1.165, 1.54) is 31.5 Å². The zero-order valence-electron chi connectivity index (χ0n) is 11.3. The van der Waals surface area contributed by atoms with Crippen LogP contribution in [0.25, 0.3) is 0 Å². The van der Waals surface area contributed by atoms with Crippen LogP contribution in [-0.2, 0) is 13.1 Å². The fourth-order valence-corrected chi connectivity index (χ4v) is 2.47. The van der Waals surface area contributed by atoms with Crippen molar-refractivity contribution in [2.75, 3.05) is 6.54 Å². The first kappa shape index (κ1) is 14.6. The summed E-state index contributed by atoms with van der Waals surface area (Å²) in [4.78, 5) is 7.02. The van der Waals surface area contributed by atoms with Gasteiger partial charge in [0.25, 0.3) is 0 Å². The summed E-state index contributed by atoms with van der Waals surface area (Å²) < 4.78 is 0. The first-order chi connectivity index (χ1) is 8.17. The summed E-state index contributed by atoms with van der Waals surface area (Å²) in [5.41, 5.74) is 6.75. The van der Waals surface area contributed by atoms with Gasteiger partial charge < -0.3 is 5.73 Å². The zero-order valence-corrected chi connectivity index (χ0v) is 12.1. The van der Waals surface area contributed by atoms with Gasteiger partial charge in [0.15, 0.2) is 0 Å². The molecule has 0 bridgehead atoms. The summed E-state index contributed by atoms with van der Waals surface area (Å²) >= 11 is 1.67. The Balaban J connectivity index is 2.47. The molecule has 0 aliphatic rings. The standard InChI is InChI=1S/C13H25N3S/c1-4-5-6-7-16(11(2)3)9-12-10-17-13(8-14)15-12/h10-11H,4-9,14H2,1-3H3. The molecule has 0 spiro atoms. The van der Waals surface area contributed by atoms with Gasteiger partial charge in [0, 0.05) is 24.5 Å². The Bertz CT molecular complexity index is 309. The minimum absolute atomic E-state index is 0.558. The topological polar surface area (TPSA) is 42.1 Å². The van der Waals surface area contributed by atoms with Crippen molar-refractivity contribution in [1.29, 1.82) is 0 Å². The van der Waals surface area contributed by atoms with E-state index in [0.717, 1.165) is 11.6 Å². The van der Waals surface area contributed by atoms with Crippen LogP contribution in [0.4, 0.5) is 0 Å². The lowest BCUT2D eigenvalue weighted by Gasteiger charge is -2.25. The molecule has 0 saturated heterocycles. The van der Waals surface area contributed by atoms with Crippen LogP contribution in [0.5, 0.6) is 0 Å². The fraction of sp³-hybridized carbons (Fsp3) is 0.769. The van der Waals surface area contributed by atoms with Gasteiger partial charge in [-0.05, 0) is 26.8 Å². The van der Waals surface area contributed by atoms with Gasteiger partial charge in [-0.2, -0.15) is 0 Å². The highest BCUT2D eigenvalue weighted by Gasteiger charge is 2.11. The quantitative estimate of drug-likeness (QED) is 0.726. The zero-order chi connectivity index (χ0) is 12.7. The molecule has 0 radical (unpaired) electrons. The molecule has 0 unspecified atom stereocenters. The number of rotatable bonds is 8. The number of unbranched alkanes of at least 4 members (excludes halogenated alkanes) is 2.